The SMILES string of the molecule is O=C1C2CCOC2C12CCc1ccccc12. The second kappa shape index (κ2) is 2.75. The Bertz CT molecular complexity index is 479. The molecule has 1 aromatic rings. The average Bonchev–Trinajstić information content (AvgIpc) is 2.91. The van der Waals surface area contributed by atoms with E-state index in [9.17, 15) is 4.79 Å². The van der Waals surface area contributed by atoms with Gasteiger partial charge >= 0.3 is 0 Å². The van der Waals surface area contributed by atoms with Crippen LogP contribution in [0.2, 0.25) is 0 Å². The first-order valence-electron chi connectivity index (χ1n) is 6.08. The van der Waals surface area contributed by atoms with Crippen LogP contribution in [0.5, 0.6) is 0 Å². The summed E-state index contributed by atoms with van der Waals surface area (Å²) in [6.07, 6.45) is 3.12. The molecule has 0 aromatic heterocycles. The highest BCUT2D eigenvalue weighted by Crippen LogP contribution is 2.56. The van der Waals surface area contributed by atoms with Crippen molar-refractivity contribution in [3.05, 3.63) is 35.4 Å². The molecule has 2 fully saturated rings. The number of carbonyl (C=O) groups excluding carboxylic acids is 1. The van der Waals surface area contributed by atoms with Gasteiger partial charge in [-0.05, 0) is 30.4 Å². The molecule has 3 unspecified atom stereocenters. The fraction of sp³-hybridized carbons (Fsp3) is 0.500. The highest BCUT2D eigenvalue weighted by molar-refractivity contribution is 6.01. The van der Waals surface area contributed by atoms with E-state index in [1.807, 2.05) is 6.07 Å². The summed E-state index contributed by atoms with van der Waals surface area (Å²) in [7, 11) is 0. The molecule has 3 atom stereocenters. The van der Waals surface area contributed by atoms with Gasteiger partial charge < -0.3 is 4.74 Å². The highest BCUT2D eigenvalue weighted by Gasteiger charge is 2.66. The largest absolute Gasteiger partial charge is 0.376 e. The highest BCUT2D eigenvalue weighted by atomic mass is 16.5. The lowest BCUT2D eigenvalue weighted by atomic mass is 9.55. The van der Waals surface area contributed by atoms with Gasteiger partial charge in [0.15, 0.2) is 5.78 Å². The number of rotatable bonds is 0. The maximum absolute atomic E-state index is 12.4. The molecule has 0 amide bonds. The summed E-state index contributed by atoms with van der Waals surface area (Å²) in [5.74, 6) is 0.645. The third kappa shape index (κ3) is 0.788. The van der Waals surface area contributed by atoms with Gasteiger partial charge in [0.2, 0.25) is 0 Å². The Hall–Kier alpha value is -1.15. The molecule has 1 saturated carbocycles. The molecule has 2 nitrogen and oxygen atoms in total. The molecule has 1 aliphatic heterocycles. The van der Waals surface area contributed by atoms with E-state index in [1.54, 1.807) is 0 Å². The second-order valence-electron chi connectivity index (χ2n) is 5.18. The van der Waals surface area contributed by atoms with Gasteiger partial charge in [-0.2, -0.15) is 0 Å². The third-order valence-electron chi connectivity index (χ3n) is 4.64. The number of Topliss-reactive ketones (excluding diaryl/α,β-unsaturated/α-hetero) is 1. The van der Waals surface area contributed by atoms with Gasteiger partial charge in [0.05, 0.1) is 11.5 Å². The van der Waals surface area contributed by atoms with Crippen molar-refractivity contribution in [2.24, 2.45) is 5.92 Å². The molecule has 4 rings (SSSR count). The van der Waals surface area contributed by atoms with Crippen molar-refractivity contribution in [1.82, 2.24) is 0 Å². The van der Waals surface area contributed by atoms with Gasteiger partial charge in [0.1, 0.15) is 0 Å². The van der Waals surface area contributed by atoms with Gasteiger partial charge in [-0.1, -0.05) is 24.3 Å². The van der Waals surface area contributed by atoms with E-state index < -0.39 is 0 Å². The van der Waals surface area contributed by atoms with Crippen molar-refractivity contribution in [3.63, 3.8) is 0 Å². The van der Waals surface area contributed by atoms with Crippen LogP contribution in [0.15, 0.2) is 24.3 Å². The minimum atomic E-state index is -0.252. The Kier molecular flexibility index (Phi) is 1.54. The quantitative estimate of drug-likeness (QED) is 0.659. The van der Waals surface area contributed by atoms with E-state index in [0.29, 0.717) is 5.78 Å². The Balaban J connectivity index is 1.87. The maximum atomic E-state index is 12.4. The summed E-state index contributed by atoms with van der Waals surface area (Å²) >= 11 is 0. The molecule has 2 heteroatoms. The summed E-state index contributed by atoms with van der Waals surface area (Å²) in [6, 6.07) is 8.38. The molecule has 1 aromatic carbocycles. The Morgan fingerprint density at radius 2 is 2.19 bits per heavy atom. The van der Waals surface area contributed by atoms with Gasteiger partial charge in [-0.3, -0.25) is 4.79 Å². The summed E-state index contributed by atoms with van der Waals surface area (Å²) in [4.78, 5) is 12.4. The zero-order valence-electron chi connectivity index (χ0n) is 9.11. The lowest BCUT2D eigenvalue weighted by molar-refractivity contribution is -0.151. The van der Waals surface area contributed by atoms with Crippen LogP contribution in [-0.2, 0) is 21.4 Å². The first-order chi connectivity index (χ1) is 7.84. The van der Waals surface area contributed by atoms with E-state index >= 15 is 0 Å². The third-order valence-corrected chi connectivity index (χ3v) is 4.64. The van der Waals surface area contributed by atoms with Crippen LogP contribution in [0.1, 0.15) is 24.0 Å². The van der Waals surface area contributed by atoms with Crippen molar-refractivity contribution in [3.8, 4) is 0 Å². The molecule has 2 aliphatic carbocycles. The van der Waals surface area contributed by atoms with Crippen molar-refractivity contribution in [2.45, 2.75) is 30.8 Å². The summed E-state index contributed by atoms with van der Waals surface area (Å²) < 4.78 is 5.80. The molecule has 1 saturated heterocycles. The van der Waals surface area contributed by atoms with Gasteiger partial charge in [0, 0.05) is 12.5 Å². The lowest BCUT2D eigenvalue weighted by Gasteiger charge is -2.47. The predicted octanol–water partition coefficient (Wildman–Crippen LogP) is 1.86. The predicted molar refractivity (Wildman–Crippen MR) is 59.3 cm³/mol. The first-order valence-corrected chi connectivity index (χ1v) is 6.08. The molecule has 16 heavy (non-hydrogen) atoms. The standard InChI is InChI=1S/C14H14O2/c15-12-10-6-8-16-13(10)14(12)7-5-9-3-1-2-4-11(9)14/h1-4,10,13H,5-8H2. The summed E-state index contributed by atoms with van der Waals surface area (Å²) in [5, 5.41) is 0. The van der Waals surface area contributed by atoms with E-state index in [1.165, 1.54) is 11.1 Å². The van der Waals surface area contributed by atoms with E-state index in [2.05, 4.69) is 18.2 Å². The zero-order valence-corrected chi connectivity index (χ0v) is 9.11. The van der Waals surface area contributed by atoms with Crippen molar-refractivity contribution < 1.29 is 9.53 Å². The molecule has 0 N–H and O–H groups in total. The van der Waals surface area contributed by atoms with Crippen LogP contribution in [0.3, 0.4) is 0 Å². The van der Waals surface area contributed by atoms with Crippen LogP contribution in [-0.4, -0.2) is 18.5 Å². The van der Waals surface area contributed by atoms with Crippen LogP contribution < -0.4 is 0 Å². The van der Waals surface area contributed by atoms with E-state index in [0.717, 1.165) is 25.9 Å². The molecule has 1 heterocycles. The normalized spacial score (nSPS) is 39.6. The monoisotopic (exact) mass is 214 g/mol. The van der Waals surface area contributed by atoms with Crippen molar-refractivity contribution in [2.75, 3.05) is 6.61 Å². The van der Waals surface area contributed by atoms with E-state index in [4.69, 9.17) is 4.74 Å². The van der Waals surface area contributed by atoms with Crippen LogP contribution >= 0.6 is 0 Å². The Labute approximate surface area is 94.6 Å². The topological polar surface area (TPSA) is 26.3 Å². The molecule has 0 bridgehead atoms. The molecule has 82 valence electrons. The number of fused-ring (bicyclic) bond motifs is 4. The number of carbonyl (C=O) groups is 1. The first kappa shape index (κ1) is 8.94. The minimum Gasteiger partial charge on any atom is -0.376 e. The summed E-state index contributed by atoms with van der Waals surface area (Å²) in [6.45, 7) is 0.769. The van der Waals surface area contributed by atoms with Gasteiger partial charge in [-0.25, -0.2) is 0 Å². The number of ether oxygens (including phenoxy) is 1. The number of ketones is 1. The molecule has 0 radical (unpaired) electrons. The fourth-order valence-electron chi connectivity index (χ4n) is 3.91. The van der Waals surface area contributed by atoms with Gasteiger partial charge in [0.25, 0.3) is 0 Å². The molecular formula is C14H14O2. The van der Waals surface area contributed by atoms with Crippen molar-refractivity contribution in [1.29, 1.82) is 0 Å². The van der Waals surface area contributed by atoms with Crippen LogP contribution in [0.4, 0.5) is 0 Å². The molecule has 1 spiro atoms. The average molecular weight is 214 g/mol. The number of benzene rings is 1. The number of hydrogen-bond donors (Lipinski definition) is 0. The Morgan fingerprint density at radius 3 is 3.12 bits per heavy atom. The zero-order chi connectivity index (χ0) is 10.8. The Morgan fingerprint density at radius 1 is 1.31 bits per heavy atom. The maximum Gasteiger partial charge on any atom is 0.151 e. The lowest BCUT2D eigenvalue weighted by Crippen LogP contribution is -2.62. The minimum absolute atomic E-state index is 0.184. The summed E-state index contributed by atoms with van der Waals surface area (Å²) in [5.41, 5.74) is 2.35. The van der Waals surface area contributed by atoms with Gasteiger partial charge in [-0.15, -0.1) is 0 Å². The molecule has 3 aliphatic rings. The fourth-order valence-corrected chi connectivity index (χ4v) is 3.91. The second-order valence-corrected chi connectivity index (χ2v) is 5.18. The number of aryl methyl sites for hydroxylation is 1. The number of hydrogen-bond acceptors (Lipinski definition) is 2. The van der Waals surface area contributed by atoms with Crippen LogP contribution in [0.25, 0.3) is 0 Å². The van der Waals surface area contributed by atoms with Crippen LogP contribution in [0, 0.1) is 5.92 Å². The smallest absolute Gasteiger partial charge is 0.151 e. The van der Waals surface area contributed by atoms with Crippen molar-refractivity contribution >= 4 is 5.78 Å². The molecular weight excluding hydrogens is 200 g/mol. The van der Waals surface area contributed by atoms with E-state index in [-0.39, 0.29) is 17.4 Å².